The van der Waals surface area contributed by atoms with Crippen molar-refractivity contribution >= 4 is 21.9 Å². The van der Waals surface area contributed by atoms with Crippen LogP contribution >= 0.6 is 0 Å². The highest BCUT2D eigenvalue weighted by atomic mass is 32.2. The number of benzene rings is 2. The molecule has 1 aliphatic rings. The molecule has 6 nitrogen and oxygen atoms in total. The zero-order valence-corrected chi connectivity index (χ0v) is 16.7. The molecule has 0 bridgehead atoms. The normalized spacial score (nSPS) is 18.8. The Balaban J connectivity index is 2.04. The quantitative estimate of drug-likeness (QED) is 0.615. The summed E-state index contributed by atoms with van der Waals surface area (Å²) < 4.78 is 32.8. The molecule has 0 heterocycles. The third-order valence-corrected chi connectivity index (χ3v) is 6.39. The third-order valence-electron chi connectivity index (χ3n) is 5.04. The number of esters is 1. The molecule has 0 saturated carbocycles. The first kappa shape index (κ1) is 20.1. The van der Waals surface area contributed by atoms with Gasteiger partial charge in [0.1, 0.15) is 0 Å². The number of carbonyl (C=O) groups excluding carboxylic acids is 2. The van der Waals surface area contributed by atoms with E-state index in [1.54, 1.807) is 31.2 Å². The van der Waals surface area contributed by atoms with Gasteiger partial charge in [-0.05, 0) is 56.4 Å². The molecule has 0 radical (unpaired) electrons. The molecule has 3 rings (SSSR count). The molecular formula is C21H23NO5S. The molecule has 7 heteroatoms. The molecular weight excluding hydrogens is 378 g/mol. The van der Waals surface area contributed by atoms with E-state index in [2.05, 4.69) is 4.72 Å². The summed E-state index contributed by atoms with van der Waals surface area (Å²) >= 11 is 0. The number of carbonyl (C=O) groups is 2. The molecule has 2 aromatic carbocycles. The number of aryl methyl sites for hydroxylation is 2. The molecule has 1 aliphatic carbocycles. The summed E-state index contributed by atoms with van der Waals surface area (Å²) in [7, 11) is -4.12. The van der Waals surface area contributed by atoms with E-state index >= 15 is 0 Å². The predicted molar refractivity (Wildman–Crippen MR) is 104 cm³/mol. The lowest BCUT2D eigenvalue weighted by Gasteiger charge is -2.35. The van der Waals surface area contributed by atoms with Gasteiger partial charge in [-0.3, -0.25) is 9.59 Å². The molecule has 0 saturated heterocycles. The fourth-order valence-corrected chi connectivity index (χ4v) is 4.64. The van der Waals surface area contributed by atoms with Gasteiger partial charge in [0.25, 0.3) is 15.9 Å². The van der Waals surface area contributed by atoms with Gasteiger partial charge in [0.2, 0.25) is 0 Å². The number of sulfonamides is 1. The molecule has 1 unspecified atom stereocenters. The van der Waals surface area contributed by atoms with Crippen LogP contribution in [-0.2, 0) is 36.2 Å². The zero-order valence-electron chi connectivity index (χ0n) is 15.9. The van der Waals surface area contributed by atoms with Gasteiger partial charge < -0.3 is 4.74 Å². The topological polar surface area (TPSA) is 89.5 Å². The fourth-order valence-electron chi connectivity index (χ4n) is 3.61. The summed E-state index contributed by atoms with van der Waals surface area (Å²) in [6, 6.07) is 13.3. The van der Waals surface area contributed by atoms with Crippen LogP contribution in [0.25, 0.3) is 0 Å². The highest BCUT2D eigenvalue weighted by molar-refractivity contribution is 7.90. The Hall–Kier alpha value is -2.67. The Morgan fingerprint density at radius 2 is 1.79 bits per heavy atom. The van der Waals surface area contributed by atoms with Crippen LogP contribution in [0.15, 0.2) is 53.4 Å². The Bertz CT molecular complexity index is 998. The van der Waals surface area contributed by atoms with Crippen molar-refractivity contribution < 1.29 is 22.7 Å². The highest BCUT2D eigenvalue weighted by Crippen LogP contribution is 2.39. The van der Waals surface area contributed by atoms with E-state index in [1.807, 2.05) is 19.1 Å². The monoisotopic (exact) mass is 401 g/mol. The minimum atomic E-state index is -4.12. The lowest BCUT2D eigenvalue weighted by Crippen LogP contribution is -2.54. The van der Waals surface area contributed by atoms with Crippen LogP contribution in [0, 0.1) is 6.92 Å². The lowest BCUT2D eigenvalue weighted by atomic mass is 9.69. The van der Waals surface area contributed by atoms with Crippen LogP contribution in [-0.4, -0.2) is 26.9 Å². The fraction of sp³-hybridized carbons (Fsp3) is 0.333. The van der Waals surface area contributed by atoms with E-state index in [-0.39, 0.29) is 17.9 Å². The zero-order chi connectivity index (χ0) is 20.4. The Morgan fingerprint density at radius 3 is 2.46 bits per heavy atom. The summed E-state index contributed by atoms with van der Waals surface area (Å²) in [5.74, 6) is -1.60. The van der Waals surface area contributed by atoms with E-state index in [0.29, 0.717) is 12.0 Å². The molecule has 28 heavy (non-hydrogen) atoms. The molecule has 148 valence electrons. The Morgan fingerprint density at radius 1 is 1.11 bits per heavy atom. The molecule has 2 aromatic rings. The maximum atomic E-state index is 13.3. The average molecular weight is 401 g/mol. The number of fused-ring (bicyclic) bond motifs is 1. The van der Waals surface area contributed by atoms with Crippen LogP contribution in [0.4, 0.5) is 0 Å². The average Bonchev–Trinajstić information content (AvgIpc) is 2.67. The summed E-state index contributed by atoms with van der Waals surface area (Å²) in [6.07, 6.45) is 1.49. The van der Waals surface area contributed by atoms with E-state index < -0.39 is 27.3 Å². The molecule has 1 N–H and O–H groups in total. The van der Waals surface area contributed by atoms with Crippen molar-refractivity contribution in [2.45, 2.75) is 43.4 Å². The molecule has 1 atom stereocenters. The second-order valence-electron chi connectivity index (χ2n) is 6.88. The van der Waals surface area contributed by atoms with Gasteiger partial charge in [0.05, 0.1) is 11.5 Å². The number of ether oxygens (including phenoxy) is 1. The predicted octanol–water partition coefficient (Wildman–Crippen LogP) is 2.64. The van der Waals surface area contributed by atoms with Crippen LogP contribution in [0.2, 0.25) is 0 Å². The van der Waals surface area contributed by atoms with Gasteiger partial charge in [-0.15, -0.1) is 0 Å². The molecule has 0 aliphatic heterocycles. The van der Waals surface area contributed by atoms with Gasteiger partial charge in [-0.25, -0.2) is 13.1 Å². The van der Waals surface area contributed by atoms with Gasteiger partial charge in [0.15, 0.2) is 5.41 Å². The second-order valence-corrected chi connectivity index (χ2v) is 8.57. The molecule has 0 spiro atoms. The number of hydrogen-bond acceptors (Lipinski definition) is 5. The third kappa shape index (κ3) is 3.54. The van der Waals surface area contributed by atoms with Crippen LogP contribution in [0.1, 0.15) is 36.5 Å². The van der Waals surface area contributed by atoms with Gasteiger partial charge in [0, 0.05) is 0 Å². The van der Waals surface area contributed by atoms with E-state index in [1.165, 1.54) is 12.1 Å². The largest absolute Gasteiger partial charge is 0.465 e. The summed E-state index contributed by atoms with van der Waals surface area (Å²) in [4.78, 5) is 26.1. The van der Waals surface area contributed by atoms with Crippen molar-refractivity contribution in [2.24, 2.45) is 0 Å². The summed E-state index contributed by atoms with van der Waals surface area (Å²) in [5, 5.41) is 0. The highest BCUT2D eigenvalue weighted by Gasteiger charge is 2.52. The van der Waals surface area contributed by atoms with Crippen molar-refractivity contribution in [3.05, 3.63) is 65.2 Å². The maximum absolute atomic E-state index is 13.3. The first-order chi connectivity index (χ1) is 13.3. The van der Waals surface area contributed by atoms with Crippen molar-refractivity contribution in [3.8, 4) is 0 Å². The Kier molecular flexibility index (Phi) is 5.56. The Labute approximate surface area is 165 Å². The standard InChI is InChI=1S/C21H23NO5S/c1-3-27-20(24)21(14-6-8-16-7-4-5-9-18(16)21)19(23)22-28(25,26)17-12-10-15(2)11-13-17/h4-5,7,9-13H,3,6,8,14H2,1-2H3,(H,22,23). The summed E-state index contributed by atoms with van der Waals surface area (Å²) in [5.41, 5.74) is 0.582. The summed E-state index contributed by atoms with van der Waals surface area (Å²) in [6.45, 7) is 3.59. The van der Waals surface area contributed by atoms with Crippen LogP contribution < -0.4 is 4.72 Å². The second kappa shape index (κ2) is 7.75. The molecule has 0 fully saturated rings. The smallest absolute Gasteiger partial charge is 0.326 e. The van der Waals surface area contributed by atoms with Crippen molar-refractivity contribution in [1.82, 2.24) is 4.72 Å². The molecule has 0 aromatic heterocycles. The minimum Gasteiger partial charge on any atom is -0.465 e. The van der Waals surface area contributed by atoms with Crippen molar-refractivity contribution in [3.63, 3.8) is 0 Å². The van der Waals surface area contributed by atoms with Gasteiger partial charge in [-0.2, -0.15) is 0 Å². The van der Waals surface area contributed by atoms with E-state index in [0.717, 1.165) is 17.5 Å². The number of rotatable bonds is 5. The number of hydrogen-bond donors (Lipinski definition) is 1. The maximum Gasteiger partial charge on any atom is 0.326 e. The van der Waals surface area contributed by atoms with Crippen LogP contribution in [0.5, 0.6) is 0 Å². The molecule has 1 amide bonds. The van der Waals surface area contributed by atoms with Gasteiger partial charge in [-0.1, -0.05) is 42.0 Å². The minimum absolute atomic E-state index is 0.0328. The van der Waals surface area contributed by atoms with E-state index in [9.17, 15) is 18.0 Å². The first-order valence-electron chi connectivity index (χ1n) is 9.21. The van der Waals surface area contributed by atoms with Crippen molar-refractivity contribution in [2.75, 3.05) is 6.61 Å². The van der Waals surface area contributed by atoms with Crippen molar-refractivity contribution in [1.29, 1.82) is 0 Å². The first-order valence-corrected chi connectivity index (χ1v) is 10.7. The van der Waals surface area contributed by atoms with Gasteiger partial charge >= 0.3 is 5.97 Å². The number of nitrogens with one attached hydrogen (secondary N) is 1. The van der Waals surface area contributed by atoms with Crippen LogP contribution in [0.3, 0.4) is 0 Å². The number of amides is 1. The van der Waals surface area contributed by atoms with E-state index in [4.69, 9.17) is 4.74 Å². The lowest BCUT2D eigenvalue weighted by molar-refractivity contribution is -0.155. The SMILES string of the molecule is CCOC(=O)C1(C(=O)NS(=O)(=O)c2ccc(C)cc2)CCCc2ccccc21.